The number of para-hydroxylation sites is 1. The molecule has 0 radical (unpaired) electrons. The number of phenolic OH excluding ortho intramolecular Hbond substituents is 1. The van der Waals surface area contributed by atoms with Crippen molar-refractivity contribution in [3.8, 4) is 5.75 Å². The first kappa shape index (κ1) is 29.1. The summed E-state index contributed by atoms with van der Waals surface area (Å²) in [4.78, 5) is 59.3. The summed E-state index contributed by atoms with van der Waals surface area (Å²) in [5.74, 6) is -3.86. The first-order valence-electron chi connectivity index (χ1n) is 15.8. The van der Waals surface area contributed by atoms with E-state index >= 15 is 0 Å². The lowest BCUT2D eigenvalue weighted by Gasteiger charge is -2.55. The Bertz CT molecular complexity index is 1810. The molecule has 0 aromatic heterocycles. The Morgan fingerprint density at radius 3 is 2.16 bits per heavy atom. The number of fused-ring (bicyclic) bond motifs is 4. The largest absolute Gasteiger partial charge is 0.507 e. The number of carbonyl (C=O) groups is 4. The van der Waals surface area contributed by atoms with E-state index in [0.29, 0.717) is 34.2 Å². The van der Waals surface area contributed by atoms with E-state index in [1.165, 1.54) is 11.0 Å². The van der Waals surface area contributed by atoms with Gasteiger partial charge in [0.1, 0.15) is 5.75 Å². The number of benzene rings is 3. The third-order valence-corrected chi connectivity index (χ3v) is 10.6. The fourth-order valence-electron chi connectivity index (χ4n) is 8.79. The number of rotatable bonds is 3. The van der Waals surface area contributed by atoms with Gasteiger partial charge in [0.05, 0.1) is 17.3 Å². The minimum Gasteiger partial charge on any atom is -0.507 e. The molecule has 4 aliphatic rings. The minimum atomic E-state index is -1.35. The van der Waals surface area contributed by atoms with Crippen LogP contribution in [0, 0.1) is 30.6 Å². The van der Waals surface area contributed by atoms with E-state index in [4.69, 9.17) is 0 Å². The number of hydrogen-bond acceptors (Lipinski definition) is 5. The summed E-state index contributed by atoms with van der Waals surface area (Å²) in [7, 11) is 0. The fourth-order valence-corrected chi connectivity index (χ4v) is 8.79. The molecule has 3 aromatic rings. The number of carbonyl (C=O) groups excluding carboxylic acids is 4. The fraction of sp³-hybridized carbons (Fsp3) is 0.333. The third kappa shape index (κ3) is 4.07. The van der Waals surface area contributed by atoms with E-state index in [0.717, 1.165) is 5.57 Å². The molecule has 6 atom stereocenters. The van der Waals surface area contributed by atoms with Crippen LogP contribution in [-0.2, 0) is 24.6 Å². The van der Waals surface area contributed by atoms with Crippen LogP contribution in [0.1, 0.15) is 61.8 Å². The monoisotopic (exact) mass is 599 g/mol. The molecular weight excluding hydrogens is 562 g/mol. The number of phenols is 1. The van der Waals surface area contributed by atoms with Crippen LogP contribution < -0.4 is 0 Å². The Kier molecular flexibility index (Phi) is 6.63. The van der Waals surface area contributed by atoms with Crippen molar-refractivity contribution in [3.05, 3.63) is 119 Å². The molecule has 3 aliphatic carbocycles. The first-order chi connectivity index (χ1) is 21.5. The van der Waals surface area contributed by atoms with Crippen molar-refractivity contribution in [1.29, 1.82) is 0 Å². The van der Waals surface area contributed by atoms with E-state index in [9.17, 15) is 24.3 Å². The average Bonchev–Trinajstić information content (AvgIpc) is 3.30. The highest BCUT2D eigenvalue weighted by molar-refractivity contribution is 6.31. The van der Waals surface area contributed by atoms with Crippen molar-refractivity contribution >= 4 is 29.0 Å². The summed E-state index contributed by atoms with van der Waals surface area (Å²) in [5.41, 5.74) is 1.75. The zero-order valence-electron chi connectivity index (χ0n) is 26.0. The van der Waals surface area contributed by atoms with Crippen molar-refractivity contribution in [1.82, 2.24) is 4.90 Å². The summed E-state index contributed by atoms with van der Waals surface area (Å²) < 4.78 is 0. The number of allylic oxidation sites excluding steroid dienone is 4. The van der Waals surface area contributed by atoms with Gasteiger partial charge in [0.15, 0.2) is 11.6 Å². The van der Waals surface area contributed by atoms with Gasteiger partial charge in [-0.05, 0) is 69.2 Å². The molecule has 0 spiro atoms. The minimum absolute atomic E-state index is 0.0726. The number of aryl methyl sites for hydroxylation is 1. The Hall–Kier alpha value is -4.58. The molecule has 1 heterocycles. The van der Waals surface area contributed by atoms with E-state index in [1.807, 2.05) is 113 Å². The molecule has 0 bridgehead atoms. The van der Waals surface area contributed by atoms with Crippen LogP contribution in [0.25, 0.3) is 5.57 Å². The van der Waals surface area contributed by atoms with Crippen LogP contribution in [0.2, 0.25) is 0 Å². The van der Waals surface area contributed by atoms with E-state index < -0.39 is 40.5 Å². The van der Waals surface area contributed by atoms with Gasteiger partial charge in [-0.1, -0.05) is 90.5 Å². The summed E-state index contributed by atoms with van der Waals surface area (Å²) in [6.45, 7) is 7.41. The zero-order chi connectivity index (χ0) is 31.8. The SMILES string of the molecule is Cc1cccc(C2C3=CCC4C(=O)N(C(C)(C)C)C(=O)C4C3CC3C(=O)C(c4ccccc4)=CC(=O)C32c2ccccc2)c1O. The van der Waals surface area contributed by atoms with Gasteiger partial charge in [0.25, 0.3) is 0 Å². The molecule has 6 heteroatoms. The smallest absolute Gasteiger partial charge is 0.234 e. The van der Waals surface area contributed by atoms with Gasteiger partial charge < -0.3 is 5.11 Å². The lowest BCUT2D eigenvalue weighted by Crippen LogP contribution is -2.59. The van der Waals surface area contributed by atoms with E-state index in [2.05, 4.69) is 0 Å². The number of hydrogen-bond donors (Lipinski definition) is 1. The maximum absolute atomic E-state index is 15.0. The molecule has 7 rings (SSSR count). The van der Waals surface area contributed by atoms with Crippen LogP contribution in [0.5, 0.6) is 5.75 Å². The van der Waals surface area contributed by atoms with Gasteiger partial charge in [0.2, 0.25) is 11.8 Å². The molecule has 6 unspecified atom stereocenters. The molecule has 3 aromatic carbocycles. The van der Waals surface area contributed by atoms with Gasteiger partial charge in [-0.15, -0.1) is 0 Å². The molecule has 1 saturated heterocycles. The van der Waals surface area contributed by atoms with Gasteiger partial charge in [-0.25, -0.2) is 0 Å². The Morgan fingerprint density at radius 1 is 0.822 bits per heavy atom. The van der Waals surface area contributed by atoms with Gasteiger partial charge in [-0.2, -0.15) is 0 Å². The normalized spacial score (nSPS) is 29.5. The van der Waals surface area contributed by atoms with Gasteiger partial charge in [-0.3, -0.25) is 24.1 Å². The number of amides is 2. The molecular formula is C39H37NO5. The lowest BCUT2D eigenvalue weighted by molar-refractivity contribution is -0.145. The molecule has 2 fully saturated rings. The Morgan fingerprint density at radius 2 is 1.49 bits per heavy atom. The first-order valence-corrected chi connectivity index (χ1v) is 15.8. The number of likely N-dealkylation sites (tertiary alicyclic amines) is 1. The van der Waals surface area contributed by atoms with Crippen molar-refractivity contribution in [2.75, 3.05) is 0 Å². The number of aromatic hydroxyl groups is 1. The second-order valence-electron chi connectivity index (χ2n) is 14.0. The van der Waals surface area contributed by atoms with Gasteiger partial charge in [0, 0.05) is 28.5 Å². The maximum atomic E-state index is 15.0. The average molecular weight is 600 g/mol. The maximum Gasteiger partial charge on any atom is 0.234 e. The molecule has 6 nitrogen and oxygen atoms in total. The summed E-state index contributed by atoms with van der Waals surface area (Å²) >= 11 is 0. The second kappa shape index (κ2) is 10.2. The molecule has 2 amide bonds. The number of ketones is 2. The number of nitrogens with zero attached hydrogens (tertiary/aromatic N) is 1. The van der Waals surface area contributed by atoms with Crippen molar-refractivity contribution in [2.45, 2.75) is 57.4 Å². The molecule has 1 N–H and O–H groups in total. The molecule has 1 saturated carbocycles. The highest BCUT2D eigenvalue weighted by atomic mass is 16.3. The van der Waals surface area contributed by atoms with E-state index in [1.54, 1.807) is 0 Å². The molecule has 228 valence electrons. The van der Waals surface area contributed by atoms with Gasteiger partial charge >= 0.3 is 0 Å². The quantitative estimate of drug-likeness (QED) is 0.281. The third-order valence-electron chi connectivity index (χ3n) is 10.6. The topological polar surface area (TPSA) is 91.8 Å². The Labute approximate surface area is 263 Å². The Balaban J connectivity index is 1.52. The van der Waals surface area contributed by atoms with Crippen molar-refractivity contribution in [3.63, 3.8) is 0 Å². The predicted octanol–water partition coefficient (Wildman–Crippen LogP) is 6.32. The highest BCUT2D eigenvalue weighted by Crippen LogP contribution is 2.64. The van der Waals surface area contributed by atoms with Crippen LogP contribution in [0.15, 0.2) is 96.6 Å². The number of Topliss-reactive ketones (excluding diaryl/α,β-unsaturated/α-hetero) is 1. The van der Waals surface area contributed by atoms with E-state index in [-0.39, 0.29) is 35.6 Å². The lowest BCUT2D eigenvalue weighted by atomic mass is 9.44. The summed E-state index contributed by atoms with van der Waals surface area (Å²) in [5, 5.41) is 11.6. The van der Waals surface area contributed by atoms with Crippen LogP contribution in [0.3, 0.4) is 0 Å². The van der Waals surface area contributed by atoms with Crippen LogP contribution in [0.4, 0.5) is 0 Å². The standard InChI is InChI=1S/C39H37NO5/c1-22-12-11-17-27(34(22)42)33-25-18-19-26-32(37(45)40(36(26)44)38(2,3)4)29(25)20-30-35(43)28(23-13-7-5-8-14-23)21-31(41)39(30,33)24-15-9-6-10-16-24/h5-18,21,26,29-30,32-33,42H,19-20H2,1-4H3. The zero-order valence-corrected chi connectivity index (χ0v) is 26.0. The molecule has 45 heavy (non-hydrogen) atoms. The summed E-state index contributed by atoms with van der Waals surface area (Å²) in [6.07, 6.45) is 4.14. The van der Waals surface area contributed by atoms with Crippen molar-refractivity contribution in [2.24, 2.45) is 23.7 Å². The predicted molar refractivity (Wildman–Crippen MR) is 171 cm³/mol. The van der Waals surface area contributed by atoms with Crippen molar-refractivity contribution < 1.29 is 24.3 Å². The summed E-state index contributed by atoms with van der Waals surface area (Å²) in [6, 6.07) is 24.2. The highest BCUT2D eigenvalue weighted by Gasteiger charge is 2.66. The number of imide groups is 1. The molecule has 1 aliphatic heterocycles. The van der Waals surface area contributed by atoms with Crippen LogP contribution in [-0.4, -0.2) is 38.9 Å². The second-order valence-corrected chi connectivity index (χ2v) is 14.0. The van der Waals surface area contributed by atoms with Crippen LogP contribution >= 0.6 is 0 Å².